The molecule has 0 saturated carbocycles. The molecule has 2 aromatic rings. The second-order valence-electron chi connectivity index (χ2n) is 6.81. The first-order chi connectivity index (χ1) is 12.2. The van der Waals surface area contributed by atoms with Gasteiger partial charge in [0.15, 0.2) is 0 Å². The molecule has 1 N–H and O–H groups in total. The van der Waals surface area contributed by atoms with E-state index in [0.29, 0.717) is 6.04 Å². The van der Waals surface area contributed by atoms with Crippen molar-refractivity contribution in [1.29, 1.82) is 0 Å². The van der Waals surface area contributed by atoms with E-state index in [4.69, 9.17) is 0 Å². The number of benzene rings is 1. The molecule has 0 spiro atoms. The Balaban J connectivity index is 1.43. The summed E-state index contributed by atoms with van der Waals surface area (Å²) in [6, 6.07) is 8.52. The Morgan fingerprint density at radius 3 is 2.80 bits per heavy atom. The number of amides is 1. The summed E-state index contributed by atoms with van der Waals surface area (Å²) >= 11 is 1.64. The molecule has 2 fully saturated rings. The van der Waals surface area contributed by atoms with Gasteiger partial charge in [0.25, 0.3) is 5.91 Å². The van der Waals surface area contributed by atoms with E-state index in [1.165, 1.54) is 6.42 Å². The van der Waals surface area contributed by atoms with Gasteiger partial charge in [-0.1, -0.05) is 12.1 Å². The maximum atomic E-state index is 12.9. The number of rotatable bonds is 3. The van der Waals surface area contributed by atoms with Crippen molar-refractivity contribution < 1.29 is 4.79 Å². The van der Waals surface area contributed by atoms with E-state index >= 15 is 0 Å². The number of thiazole rings is 1. The molecule has 25 heavy (non-hydrogen) atoms. The molecule has 1 aromatic carbocycles. The zero-order valence-electron chi connectivity index (χ0n) is 14.6. The second kappa shape index (κ2) is 7.23. The molecule has 0 aliphatic carbocycles. The van der Waals surface area contributed by atoms with E-state index in [2.05, 4.69) is 15.2 Å². The van der Waals surface area contributed by atoms with Gasteiger partial charge in [-0.3, -0.25) is 9.69 Å². The maximum absolute atomic E-state index is 12.9. The Labute approximate surface area is 152 Å². The van der Waals surface area contributed by atoms with E-state index in [1.54, 1.807) is 11.3 Å². The molecule has 0 radical (unpaired) electrons. The lowest BCUT2D eigenvalue weighted by Gasteiger charge is -2.37. The minimum Gasteiger partial charge on any atom is -0.336 e. The number of hydrogen-bond acceptors (Lipinski definition) is 5. The monoisotopic (exact) mass is 356 g/mol. The Bertz CT molecular complexity index is 745. The van der Waals surface area contributed by atoms with E-state index in [9.17, 15) is 4.79 Å². The molecule has 2 saturated heterocycles. The van der Waals surface area contributed by atoms with Gasteiger partial charge in [0.05, 0.1) is 10.7 Å². The number of aryl methyl sites for hydroxylation is 1. The lowest BCUT2D eigenvalue weighted by molar-refractivity contribution is 0.0584. The SMILES string of the molecule is Cc1nc(-c2cccc(C(=O)N3CCN(C4CCNC4)CC3)c2)cs1. The van der Waals surface area contributed by atoms with Gasteiger partial charge in [-0.25, -0.2) is 4.98 Å². The van der Waals surface area contributed by atoms with Crippen molar-refractivity contribution in [3.05, 3.63) is 40.2 Å². The van der Waals surface area contributed by atoms with Crippen LogP contribution in [-0.2, 0) is 0 Å². The van der Waals surface area contributed by atoms with Gasteiger partial charge in [0, 0.05) is 55.3 Å². The average Bonchev–Trinajstić information content (AvgIpc) is 3.33. The number of carbonyl (C=O) groups is 1. The lowest BCUT2D eigenvalue weighted by Crippen LogP contribution is -2.52. The molecule has 3 heterocycles. The predicted octanol–water partition coefficient (Wildman–Crippen LogP) is 2.24. The lowest BCUT2D eigenvalue weighted by atomic mass is 10.1. The zero-order valence-corrected chi connectivity index (χ0v) is 15.4. The Kier molecular flexibility index (Phi) is 4.83. The van der Waals surface area contributed by atoms with Gasteiger partial charge in [0.1, 0.15) is 0 Å². The van der Waals surface area contributed by atoms with Crippen molar-refractivity contribution in [3.63, 3.8) is 0 Å². The zero-order chi connectivity index (χ0) is 17.2. The summed E-state index contributed by atoms with van der Waals surface area (Å²) in [5.74, 6) is 0.137. The highest BCUT2D eigenvalue weighted by molar-refractivity contribution is 7.09. The molecule has 0 bridgehead atoms. The summed E-state index contributed by atoms with van der Waals surface area (Å²) in [5, 5.41) is 6.52. The molecular formula is C19H24N4OS. The third-order valence-electron chi connectivity index (χ3n) is 5.18. The van der Waals surface area contributed by atoms with Crippen molar-refractivity contribution in [2.24, 2.45) is 0 Å². The van der Waals surface area contributed by atoms with Crippen LogP contribution in [0.3, 0.4) is 0 Å². The summed E-state index contributed by atoms with van der Waals surface area (Å²) in [6.07, 6.45) is 1.23. The summed E-state index contributed by atoms with van der Waals surface area (Å²) < 4.78 is 0. The highest BCUT2D eigenvalue weighted by Crippen LogP contribution is 2.23. The minimum atomic E-state index is 0.137. The number of aromatic nitrogens is 1. The fourth-order valence-electron chi connectivity index (χ4n) is 3.73. The average molecular weight is 356 g/mol. The van der Waals surface area contributed by atoms with Gasteiger partial charge < -0.3 is 10.2 Å². The van der Waals surface area contributed by atoms with Crippen LogP contribution in [-0.4, -0.2) is 66.0 Å². The first kappa shape index (κ1) is 16.7. The third kappa shape index (κ3) is 3.61. The molecule has 1 aromatic heterocycles. The molecule has 2 aliphatic rings. The van der Waals surface area contributed by atoms with E-state index in [1.807, 2.05) is 41.5 Å². The molecule has 1 unspecified atom stereocenters. The quantitative estimate of drug-likeness (QED) is 0.916. The fourth-order valence-corrected chi connectivity index (χ4v) is 4.35. The standard InChI is InChI=1S/C19H24N4OS/c1-14-21-18(13-25-14)15-3-2-4-16(11-15)19(24)23-9-7-22(8-10-23)17-5-6-20-12-17/h2-4,11,13,17,20H,5-10,12H2,1H3. The number of carbonyl (C=O) groups excluding carboxylic acids is 1. The van der Waals surface area contributed by atoms with Crippen molar-refractivity contribution in [2.45, 2.75) is 19.4 Å². The van der Waals surface area contributed by atoms with Gasteiger partial charge in [0.2, 0.25) is 0 Å². The van der Waals surface area contributed by atoms with E-state index in [-0.39, 0.29) is 5.91 Å². The van der Waals surface area contributed by atoms with Crippen LogP contribution >= 0.6 is 11.3 Å². The van der Waals surface area contributed by atoms with Gasteiger partial charge in [-0.2, -0.15) is 0 Å². The van der Waals surface area contributed by atoms with Crippen LogP contribution in [0.2, 0.25) is 0 Å². The predicted molar refractivity (Wildman–Crippen MR) is 101 cm³/mol. The van der Waals surface area contributed by atoms with E-state index in [0.717, 1.165) is 61.1 Å². The summed E-state index contributed by atoms with van der Waals surface area (Å²) in [7, 11) is 0. The molecule has 1 atom stereocenters. The molecule has 132 valence electrons. The molecule has 1 amide bonds. The highest BCUT2D eigenvalue weighted by atomic mass is 32.1. The molecule has 5 nitrogen and oxygen atoms in total. The van der Waals surface area contributed by atoms with Crippen molar-refractivity contribution in [2.75, 3.05) is 39.3 Å². The van der Waals surface area contributed by atoms with Crippen LogP contribution < -0.4 is 5.32 Å². The Morgan fingerprint density at radius 1 is 1.28 bits per heavy atom. The summed E-state index contributed by atoms with van der Waals surface area (Å²) in [5.41, 5.74) is 2.74. The highest BCUT2D eigenvalue weighted by Gasteiger charge is 2.28. The summed E-state index contributed by atoms with van der Waals surface area (Å²) in [6.45, 7) is 7.79. The van der Waals surface area contributed by atoms with Crippen molar-refractivity contribution in [3.8, 4) is 11.3 Å². The van der Waals surface area contributed by atoms with Crippen LogP contribution in [0, 0.1) is 6.92 Å². The van der Waals surface area contributed by atoms with Gasteiger partial charge >= 0.3 is 0 Å². The normalized spacial score (nSPS) is 21.6. The second-order valence-corrected chi connectivity index (χ2v) is 7.87. The largest absolute Gasteiger partial charge is 0.336 e. The summed E-state index contributed by atoms with van der Waals surface area (Å²) in [4.78, 5) is 21.9. The van der Waals surface area contributed by atoms with Gasteiger partial charge in [-0.05, 0) is 32.0 Å². The number of nitrogens with one attached hydrogen (secondary N) is 1. The van der Waals surface area contributed by atoms with Crippen LogP contribution in [0.15, 0.2) is 29.6 Å². The Morgan fingerprint density at radius 2 is 2.12 bits per heavy atom. The molecule has 6 heteroatoms. The minimum absolute atomic E-state index is 0.137. The van der Waals surface area contributed by atoms with Crippen LogP contribution in [0.1, 0.15) is 21.8 Å². The molecule has 2 aliphatic heterocycles. The maximum Gasteiger partial charge on any atom is 0.253 e. The van der Waals surface area contributed by atoms with Crippen LogP contribution in [0.25, 0.3) is 11.3 Å². The van der Waals surface area contributed by atoms with Crippen molar-refractivity contribution in [1.82, 2.24) is 20.1 Å². The van der Waals surface area contributed by atoms with Gasteiger partial charge in [-0.15, -0.1) is 11.3 Å². The third-order valence-corrected chi connectivity index (χ3v) is 5.95. The van der Waals surface area contributed by atoms with E-state index < -0.39 is 0 Å². The number of piperazine rings is 1. The smallest absolute Gasteiger partial charge is 0.253 e. The van der Waals surface area contributed by atoms with Crippen LogP contribution in [0.5, 0.6) is 0 Å². The topological polar surface area (TPSA) is 48.5 Å². The Hall–Kier alpha value is -1.76. The first-order valence-corrected chi connectivity index (χ1v) is 9.85. The molecule has 4 rings (SSSR count). The van der Waals surface area contributed by atoms with Crippen molar-refractivity contribution >= 4 is 17.2 Å². The van der Waals surface area contributed by atoms with Crippen LogP contribution in [0.4, 0.5) is 0 Å². The fraction of sp³-hybridized carbons (Fsp3) is 0.474. The number of nitrogens with zero attached hydrogens (tertiary/aromatic N) is 3. The number of hydrogen-bond donors (Lipinski definition) is 1. The first-order valence-electron chi connectivity index (χ1n) is 8.97. The molecular weight excluding hydrogens is 332 g/mol.